The highest BCUT2D eigenvalue weighted by molar-refractivity contribution is 5.89. The van der Waals surface area contributed by atoms with Gasteiger partial charge in [0, 0.05) is 38.2 Å². The fourth-order valence-corrected chi connectivity index (χ4v) is 3.94. The first-order valence-electron chi connectivity index (χ1n) is 8.76. The van der Waals surface area contributed by atoms with Gasteiger partial charge in [0.15, 0.2) is 0 Å². The van der Waals surface area contributed by atoms with Crippen molar-refractivity contribution in [1.82, 2.24) is 9.80 Å². The van der Waals surface area contributed by atoms with Crippen LogP contribution in [-0.4, -0.2) is 48.4 Å². The molecular formula is C19H26N2O3. The summed E-state index contributed by atoms with van der Waals surface area (Å²) in [7, 11) is 3.44. The van der Waals surface area contributed by atoms with Crippen molar-refractivity contribution in [2.45, 2.75) is 44.7 Å². The summed E-state index contributed by atoms with van der Waals surface area (Å²) in [6, 6.07) is 8.08. The van der Waals surface area contributed by atoms with Crippen molar-refractivity contribution >= 4 is 11.8 Å². The van der Waals surface area contributed by atoms with E-state index in [-0.39, 0.29) is 17.7 Å². The molecule has 2 aliphatic rings. The number of amides is 2. The van der Waals surface area contributed by atoms with Crippen molar-refractivity contribution in [3.05, 3.63) is 29.8 Å². The van der Waals surface area contributed by atoms with Gasteiger partial charge < -0.3 is 14.5 Å². The molecule has 24 heavy (non-hydrogen) atoms. The van der Waals surface area contributed by atoms with Crippen molar-refractivity contribution in [3.8, 4) is 5.75 Å². The first-order chi connectivity index (χ1) is 11.6. The molecule has 1 saturated heterocycles. The molecule has 0 aromatic heterocycles. The summed E-state index contributed by atoms with van der Waals surface area (Å²) in [5.74, 6) is 0.769. The van der Waals surface area contributed by atoms with Gasteiger partial charge in [-0.1, -0.05) is 31.0 Å². The summed E-state index contributed by atoms with van der Waals surface area (Å²) in [5.41, 5.74) is 0.979. The van der Waals surface area contributed by atoms with Gasteiger partial charge in [0.2, 0.25) is 11.8 Å². The fourth-order valence-electron chi connectivity index (χ4n) is 3.94. The van der Waals surface area contributed by atoms with E-state index in [9.17, 15) is 9.59 Å². The smallest absolute Gasteiger partial charge is 0.228 e. The Balaban J connectivity index is 1.62. The van der Waals surface area contributed by atoms with Crippen LogP contribution in [0.1, 0.15) is 37.7 Å². The van der Waals surface area contributed by atoms with Gasteiger partial charge in [-0.05, 0) is 18.9 Å². The van der Waals surface area contributed by atoms with Crippen molar-refractivity contribution in [2.75, 3.05) is 20.7 Å². The number of para-hydroxylation sites is 1. The summed E-state index contributed by atoms with van der Waals surface area (Å²) in [6.07, 6.45) is 4.92. The first kappa shape index (κ1) is 16.8. The number of nitrogens with zero attached hydrogens (tertiary/aromatic N) is 2. The molecule has 3 rings (SSSR count). The summed E-state index contributed by atoms with van der Waals surface area (Å²) in [5, 5.41) is 0. The van der Waals surface area contributed by atoms with Crippen LogP contribution < -0.4 is 4.74 Å². The minimum Gasteiger partial charge on any atom is -0.496 e. The van der Waals surface area contributed by atoms with E-state index in [4.69, 9.17) is 4.74 Å². The van der Waals surface area contributed by atoms with Crippen molar-refractivity contribution in [1.29, 1.82) is 0 Å². The molecular weight excluding hydrogens is 304 g/mol. The van der Waals surface area contributed by atoms with Crippen LogP contribution in [0.2, 0.25) is 0 Å². The normalized spacial score (nSPS) is 21.3. The zero-order chi connectivity index (χ0) is 17.1. The third kappa shape index (κ3) is 3.40. The van der Waals surface area contributed by atoms with Crippen LogP contribution in [0.5, 0.6) is 5.75 Å². The minimum atomic E-state index is -0.210. The Labute approximate surface area is 143 Å². The summed E-state index contributed by atoms with van der Waals surface area (Å²) in [6.45, 7) is 1.08. The SMILES string of the molecule is COc1ccccc1CN(C)C(=O)[C@@H]1CC(=O)N(C2CCCC2)C1. The number of likely N-dealkylation sites (tertiary alicyclic amines) is 1. The Hall–Kier alpha value is -2.04. The van der Waals surface area contributed by atoms with Gasteiger partial charge in [-0.15, -0.1) is 0 Å². The van der Waals surface area contributed by atoms with E-state index in [2.05, 4.69) is 0 Å². The van der Waals surface area contributed by atoms with E-state index < -0.39 is 0 Å². The van der Waals surface area contributed by atoms with Gasteiger partial charge in [0.1, 0.15) is 5.75 Å². The number of carbonyl (C=O) groups is 2. The highest BCUT2D eigenvalue weighted by Crippen LogP contribution is 2.30. The van der Waals surface area contributed by atoms with Gasteiger partial charge in [0.25, 0.3) is 0 Å². The Bertz CT molecular complexity index is 610. The molecule has 2 fully saturated rings. The van der Waals surface area contributed by atoms with Crippen LogP contribution >= 0.6 is 0 Å². The van der Waals surface area contributed by atoms with Gasteiger partial charge >= 0.3 is 0 Å². The lowest BCUT2D eigenvalue weighted by Crippen LogP contribution is -2.37. The predicted molar refractivity (Wildman–Crippen MR) is 91.5 cm³/mol. The van der Waals surface area contributed by atoms with Crippen molar-refractivity contribution < 1.29 is 14.3 Å². The Morgan fingerprint density at radius 1 is 1.29 bits per heavy atom. The molecule has 1 aromatic rings. The Kier molecular flexibility index (Phi) is 5.07. The molecule has 2 amide bonds. The predicted octanol–water partition coefficient (Wildman–Crippen LogP) is 2.44. The lowest BCUT2D eigenvalue weighted by Gasteiger charge is -2.25. The average molecular weight is 330 g/mol. The number of hydrogen-bond donors (Lipinski definition) is 0. The van der Waals surface area contributed by atoms with Crippen LogP contribution in [0.3, 0.4) is 0 Å². The van der Waals surface area contributed by atoms with E-state index in [1.807, 2.05) is 29.2 Å². The van der Waals surface area contributed by atoms with Gasteiger partial charge in [-0.3, -0.25) is 9.59 Å². The molecule has 1 atom stereocenters. The molecule has 0 radical (unpaired) electrons. The topological polar surface area (TPSA) is 49.9 Å². The maximum absolute atomic E-state index is 12.8. The second-order valence-electron chi connectivity index (χ2n) is 6.89. The third-order valence-corrected chi connectivity index (χ3v) is 5.25. The molecule has 1 heterocycles. The first-order valence-corrected chi connectivity index (χ1v) is 8.76. The van der Waals surface area contributed by atoms with Gasteiger partial charge in [0.05, 0.1) is 13.0 Å². The fraction of sp³-hybridized carbons (Fsp3) is 0.579. The second-order valence-corrected chi connectivity index (χ2v) is 6.89. The maximum Gasteiger partial charge on any atom is 0.228 e. The summed E-state index contributed by atoms with van der Waals surface area (Å²) >= 11 is 0. The minimum absolute atomic E-state index is 0.0507. The van der Waals surface area contributed by atoms with E-state index in [0.717, 1.165) is 24.2 Å². The van der Waals surface area contributed by atoms with Crippen molar-refractivity contribution in [3.63, 3.8) is 0 Å². The Morgan fingerprint density at radius 3 is 2.71 bits per heavy atom. The quantitative estimate of drug-likeness (QED) is 0.833. The van der Waals surface area contributed by atoms with Crippen LogP contribution in [0.25, 0.3) is 0 Å². The average Bonchev–Trinajstić information content (AvgIpc) is 3.23. The third-order valence-electron chi connectivity index (χ3n) is 5.25. The summed E-state index contributed by atoms with van der Waals surface area (Å²) < 4.78 is 5.35. The maximum atomic E-state index is 12.8. The number of rotatable bonds is 5. The molecule has 1 aliphatic carbocycles. The van der Waals surface area contributed by atoms with Gasteiger partial charge in [-0.25, -0.2) is 0 Å². The number of ether oxygens (including phenoxy) is 1. The largest absolute Gasteiger partial charge is 0.496 e. The lowest BCUT2D eigenvalue weighted by atomic mass is 10.1. The number of carbonyl (C=O) groups excluding carboxylic acids is 2. The molecule has 1 aliphatic heterocycles. The van der Waals surface area contributed by atoms with E-state index in [1.165, 1.54) is 12.8 Å². The standard InChI is InChI=1S/C19H26N2O3/c1-20(12-14-7-3-6-10-17(14)24-2)19(23)15-11-18(22)21(13-15)16-8-4-5-9-16/h3,6-7,10,15-16H,4-5,8-9,11-13H2,1-2H3/t15-/m1/s1. The van der Waals surface area contributed by atoms with Crippen LogP contribution in [0.15, 0.2) is 24.3 Å². The molecule has 1 saturated carbocycles. The highest BCUT2D eigenvalue weighted by Gasteiger charge is 2.39. The molecule has 5 nitrogen and oxygen atoms in total. The molecule has 5 heteroatoms. The van der Waals surface area contributed by atoms with E-state index in [0.29, 0.717) is 25.6 Å². The van der Waals surface area contributed by atoms with Crippen LogP contribution in [-0.2, 0) is 16.1 Å². The van der Waals surface area contributed by atoms with Crippen molar-refractivity contribution in [2.24, 2.45) is 5.92 Å². The van der Waals surface area contributed by atoms with E-state index in [1.54, 1.807) is 19.1 Å². The monoisotopic (exact) mass is 330 g/mol. The summed E-state index contributed by atoms with van der Waals surface area (Å²) in [4.78, 5) is 28.7. The molecule has 0 N–H and O–H groups in total. The molecule has 130 valence electrons. The zero-order valence-electron chi connectivity index (χ0n) is 14.5. The molecule has 1 aromatic carbocycles. The molecule has 0 unspecified atom stereocenters. The second kappa shape index (κ2) is 7.24. The lowest BCUT2D eigenvalue weighted by molar-refractivity contribution is -0.135. The molecule has 0 spiro atoms. The number of benzene rings is 1. The molecule has 0 bridgehead atoms. The Morgan fingerprint density at radius 2 is 2.00 bits per heavy atom. The van der Waals surface area contributed by atoms with Gasteiger partial charge in [-0.2, -0.15) is 0 Å². The zero-order valence-corrected chi connectivity index (χ0v) is 14.5. The van der Waals surface area contributed by atoms with Crippen LogP contribution in [0, 0.1) is 5.92 Å². The number of hydrogen-bond acceptors (Lipinski definition) is 3. The highest BCUT2D eigenvalue weighted by atomic mass is 16.5. The van der Waals surface area contributed by atoms with E-state index >= 15 is 0 Å². The van der Waals surface area contributed by atoms with Crippen LogP contribution in [0.4, 0.5) is 0 Å². The number of methoxy groups -OCH3 is 1.